The van der Waals surface area contributed by atoms with Gasteiger partial charge in [0.05, 0.1) is 0 Å². The third kappa shape index (κ3) is 2.49. The van der Waals surface area contributed by atoms with Gasteiger partial charge in [-0.05, 0) is 12.1 Å². The van der Waals surface area contributed by atoms with Gasteiger partial charge < -0.3 is 14.8 Å². The van der Waals surface area contributed by atoms with Crippen LogP contribution in [0.25, 0.3) is 0 Å². The van der Waals surface area contributed by atoms with Gasteiger partial charge in [-0.15, -0.1) is 0 Å². The number of hydrogen-bond donors (Lipinski definition) is 1. The van der Waals surface area contributed by atoms with Crippen molar-refractivity contribution >= 4 is 11.8 Å². The molecule has 0 spiro atoms. The van der Waals surface area contributed by atoms with Crippen molar-refractivity contribution in [1.29, 1.82) is 0 Å². The van der Waals surface area contributed by atoms with E-state index in [1.165, 1.54) is 0 Å². The lowest BCUT2D eigenvalue weighted by atomic mass is 10.1. The molecule has 3 rings (SSSR count). The van der Waals surface area contributed by atoms with Crippen molar-refractivity contribution in [3.63, 3.8) is 0 Å². The summed E-state index contributed by atoms with van der Waals surface area (Å²) in [6.07, 6.45) is 3.75. The van der Waals surface area contributed by atoms with Crippen molar-refractivity contribution in [2.75, 3.05) is 32.7 Å². The summed E-state index contributed by atoms with van der Waals surface area (Å²) in [6, 6.07) is 3.63. The van der Waals surface area contributed by atoms with Crippen molar-refractivity contribution in [2.24, 2.45) is 0 Å². The number of nitrogens with one attached hydrogen (secondary N) is 1. The van der Waals surface area contributed by atoms with E-state index in [1.54, 1.807) is 4.90 Å². The standard InChI is InChI=1S/C13H18N4O2/c18-12(10-15-4-1-2-5-15)17-8-7-16-6-3-14-13(19)11(16)9-17/h1-2,4-5,11H,3,6-10H2,(H,14,19). The van der Waals surface area contributed by atoms with E-state index in [4.69, 9.17) is 0 Å². The molecule has 2 amide bonds. The average Bonchev–Trinajstić information content (AvgIpc) is 2.92. The number of hydrogen-bond acceptors (Lipinski definition) is 3. The van der Waals surface area contributed by atoms with Gasteiger partial charge in [-0.3, -0.25) is 14.5 Å². The molecule has 0 aromatic carbocycles. The van der Waals surface area contributed by atoms with E-state index >= 15 is 0 Å². The quantitative estimate of drug-likeness (QED) is 0.754. The Balaban J connectivity index is 1.63. The molecule has 0 aliphatic carbocycles. The van der Waals surface area contributed by atoms with Crippen LogP contribution in [0.15, 0.2) is 24.5 Å². The lowest BCUT2D eigenvalue weighted by molar-refractivity contribution is -0.140. The summed E-state index contributed by atoms with van der Waals surface area (Å²) in [6.45, 7) is 3.95. The fourth-order valence-electron chi connectivity index (χ4n) is 2.74. The van der Waals surface area contributed by atoms with E-state index in [2.05, 4.69) is 10.2 Å². The minimum Gasteiger partial charge on any atom is -0.353 e. The van der Waals surface area contributed by atoms with E-state index in [9.17, 15) is 9.59 Å². The Morgan fingerprint density at radius 1 is 1.26 bits per heavy atom. The number of aromatic nitrogens is 1. The molecule has 6 heteroatoms. The second kappa shape index (κ2) is 5.05. The molecule has 0 radical (unpaired) electrons. The third-order valence-corrected chi connectivity index (χ3v) is 3.83. The molecule has 6 nitrogen and oxygen atoms in total. The van der Waals surface area contributed by atoms with Gasteiger partial charge in [0.2, 0.25) is 11.8 Å². The van der Waals surface area contributed by atoms with Gasteiger partial charge in [-0.2, -0.15) is 0 Å². The van der Waals surface area contributed by atoms with Gasteiger partial charge in [-0.25, -0.2) is 0 Å². The van der Waals surface area contributed by atoms with Crippen LogP contribution in [-0.4, -0.2) is 64.9 Å². The lowest BCUT2D eigenvalue weighted by Gasteiger charge is -2.43. The Hall–Kier alpha value is -1.82. The molecule has 0 saturated carbocycles. The molecule has 1 N–H and O–H groups in total. The predicted octanol–water partition coefficient (Wildman–Crippen LogP) is -0.869. The number of rotatable bonds is 2. The summed E-state index contributed by atoms with van der Waals surface area (Å²) in [5.41, 5.74) is 0. The smallest absolute Gasteiger partial charge is 0.242 e. The van der Waals surface area contributed by atoms with E-state index in [0.717, 1.165) is 13.1 Å². The van der Waals surface area contributed by atoms with Crippen LogP contribution in [-0.2, 0) is 16.1 Å². The molecule has 19 heavy (non-hydrogen) atoms. The van der Waals surface area contributed by atoms with Crippen molar-refractivity contribution in [3.8, 4) is 0 Å². The first-order valence-corrected chi connectivity index (χ1v) is 6.64. The molecule has 2 aliphatic rings. The highest BCUT2D eigenvalue weighted by atomic mass is 16.2. The summed E-state index contributed by atoms with van der Waals surface area (Å²) < 4.78 is 1.86. The van der Waals surface area contributed by atoms with Crippen LogP contribution < -0.4 is 5.32 Å². The molecular formula is C13H18N4O2. The monoisotopic (exact) mass is 262 g/mol. The maximum atomic E-state index is 12.2. The molecule has 2 fully saturated rings. The van der Waals surface area contributed by atoms with Crippen LogP contribution in [0.4, 0.5) is 0 Å². The first-order valence-electron chi connectivity index (χ1n) is 6.64. The molecule has 2 aliphatic heterocycles. The van der Waals surface area contributed by atoms with Crippen LogP contribution in [0.3, 0.4) is 0 Å². The van der Waals surface area contributed by atoms with Gasteiger partial charge in [0, 0.05) is 45.1 Å². The van der Waals surface area contributed by atoms with Crippen LogP contribution in [0.1, 0.15) is 0 Å². The highest BCUT2D eigenvalue weighted by Gasteiger charge is 2.36. The minimum atomic E-state index is -0.170. The summed E-state index contributed by atoms with van der Waals surface area (Å²) in [5.74, 6) is 0.124. The molecular weight excluding hydrogens is 244 g/mol. The first-order chi connectivity index (χ1) is 9.24. The summed E-state index contributed by atoms with van der Waals surface area (Å²) >= 11 is 0. The SMILES string of the molecule is O=C1NCCN2CCN(C(=O)Cn3cccc3)CC12. The summed E-state index contributed by atoms with van der Waals surface area (Å²) in [7, 11) is 0. The third-order valence-electron chi connectivity index (χ3n) is 3.83. The largest absolute Gasteiger partial charge is 0.353 e. The maximum absolute atomic E-state index is 12.2. The van der Waals surface area contributed by atoms with Crippen molar-refractivity contribution in [3.05, 3.63) is 24.5 Å². The van der Waals surface area contributed by atoms with E-state index in [-0.39, 0.29) is 17.9 Å². The lowest BCUT2D eigenvalue weighted by Crippen LogP contribution is -2.64. The molecule has 1 aromatic rings. The Kier molecular flexibility index (Phi) is 3.25. The second-order valence-corrected chi connectivity index (χ2v) is 5.04. The van der Waals surface area contributed by atoms with Crippen molar-refractivity contribution < 1.29 is 9.59 Å². The van der Waals surface area contributed by atoms with Crippen LogP contribution in [0, 0.1) is 0 Å². The van der Waals surface area contributed by atoms with E-state index in [1.807, 2.05) is 29.1 Å². The minimum absolute atomic E-state index is 0.0460. The Morgan fingerprint density at radius 3 is 2.84 bits per heavy atom. The molecule has 0 bridgehead atoms. The highest BCUT2D eigenvalue weighted by Crippen LogP contribution is 2.13. The predicted molar refractivity (Wildman–Crippen MR) is 69.4 cm³/mol. The molecule has 1 aromatic heterocycles. The number of carbonyl (C=O) groups excluding carboxylic acids is 2. The number of fused-ring (bicyclic) bond motifs is 1. The fraction of sp³-hybridized carbons (Fsp3) is 0.538. The van der Waals surface area contributed by atoms with Crippen molar-refractivity contribution in [1.82, 2.24) is 19.7 Å². The van der Waals surface area contributed by atoms with Crippen LogP contribution >= 0.6 is 0 Å². The summed E-state index contributed by atoms with van der Waals surface area (Å²) in [5, 5.41) is 2.86. The van der Waals surface area contributed by atoms with Gasteiger partial charge in [0.1, 0.15) is 12.6 Å². The van der Waals surface area contributed by atoms with Gasteiger partial charge in [0.25, 0.3) is 0 Å². The second-order valence-electron chi connectivity index (χ2n) is 5.04. The average molecular weight is 262 g/mol. The molecule has 1 atom stereocenters. The van der Waals surface area contributed by atoms with E-state index in [0.29, 0.717) is 26.2 Å². The van der Waals surface area contributed by atoms with Crippen LogP contribution in [0.5, 0.6) is 0 Å². The molecule has 2 saturated heterocycles. The van der Waals surface area contributed by atoms with Gasteiger partial charge >= 0.3 is 0 Å². The van der Waals surface area contributed by atoms with Gasteiger partial charge in [0.15, 0.2) is 0 Å². The number of piperazine rings is 2. The van der Waals surface area contributed by atoms with E-state index < -0.39 is 0 Å². The normalized spacial score (nSPS) is 23.9. The zero-order chi connectivity index (χ0) is 13.2. The molecule has 3 heterocycles. The van der Waals surface area contributed by atoms with Crippen molar-refractivity contribution in [2.45, 2.75) is 12.6 Å². The van der Waals surface area contributed by atoms with Crippen LogP contribution in [0.2, 0.25) is 0 Å². The summed E-state index contributed by atoms with van der Waals surface area (Å²) in [4.78, 5) is 28.0. The van der Waals surface area contributed by atoms with Gasteiger partial charge in [-0.1, -0.05) is 0 Å². The first kappa shape index (κ1) is 12.2. The highest BCUT2D eigenvalue weighted by molar-refractivity contribution is 5.84. The Bertz CT molecular complexity index is 471. The number of nitrogens with zero attached hydrogens (tertiary/aromatic N) is 3. The zero-order valence-corrected chi connectivity index (χ0v) is 10.8. The number of amides is 2. The molecule has 102 valence electrons. The Morgan fingerprint density at radius 2 is 2.05 bits per heavy atom. The maximum Gasteiger partial charge on any atom is 0.242 e. The molecule has 1 unspecified atom stereocenters. The fourth-order valence-corrected chi connectivity index (χ4v) is 2.74. The topological polar surface area (TPSA) is 57.6 Å². The zero-order valence-electron chi connectivity index (χ0n) is 10.8. The Labute approximate surface area is 112 Å². The number of carbonyl (C=O) groups is 2.